The van der Waals surface area contributed by atoms with E-state index in [1.807, 2.05) is 6.92 Å². The normalized spacial score (nSPS) is 30.6. The maximum atomic E-state index is 14.4. The van der Waals surface area contributed by atoms with Gasteiger partial charge < -0.3 is 24.4 Å². The van der Waals surface area contributed by atoms with Gasteiger partial charge in [-0.1, -0.05) is 58.7 Å². The van der Waals surface area contributed by atoms with E-state index < -0.39 is 47.5 Å². The number of carbonyl (C=O) groups excluding carboxylic acids is 3. The van der Waals surface area contributed by atoms with Crippen molar-refractivity contribution >= 4 is 51.0 Å². The van der Waals surface area contributed by atoms with Gasteiger partial charge in [-0.2, -0.15) is 0 Å². The Morgan fingerprint density at radius 1 is 1.38 bits per heavy atom. The highest BCUT2D eigenvalue weighted by Gasteiger charge is 2.77. The Labute approximate surface area is 230 Å². The molecule has 7 atom stereocenters. The summed E-state index contributed by atoms with van der Waals surface area (Å²) in [5, 5.41) is 10.6. The smallest absolute Gasteiger partial charge is 0.312 e. The summed E-state index contributed by atoms with van der Waals surface area (Å²) in [6.45, 7) is 9.23. The van der Waals surface area contributed by atoms with Gasteiger partial charge in [-0.05, 0) is 31.4 Å². The average Bonchev–Trinajstić information content (AvgIpc) is 3.47. The second-order valence-corrected chi connectivity index (χ2v) is 11.2. The number of fused-ring (bicyclic) bond motifs is 1. The van der Waals surface area contributed by atoms with Gasteiger partial charge in [-0.3, -0.25) is 14.4 Å². The molecular weight excluding hydrogens is 564 g/mol. The molecule has 37 heavy (non-hydrogen) atoms. The molecule has 200 valence electrons. The number of aliphatic hydroxyl groups excluding tert-OH is 1. The van der Waals surface area contributed by atoms with Crippen LogP contribution in [0.4, 0.5) is 5.69 Å². The molecule has 0 aliphatic carbocycles. The first kappa shape index (κ1) is 27.8. The summed E-state index contributed by atoms with van der Waals surface area (Å²) in [6.07, 6.45) is 3.86. The minimum Gasteiger partial charge on any atom is -0.465 e. The number of benzene rings is 1. The maximum Gasteiger partial charge on any atom is 0.312 e. The number of amides is 2. The quantitative estimate of drug-likeness (QED) is 0.182. The molecule has 3 unspecified atom stereocenters. The number of alkyl halides is 1. The van der Waals surface area contributed by atoms with Gasteiger partial charge in [-0.25, -0.2) is 0 Å². The van der Waals surface area contributed by atoms with E-state index in [-0.39, 0.29) is 30.5 Å². The fraction of sp³-hybridized carbons (Fsp3) is 0.519. The van der Waals surface area contributed by atoms with Crippen LogP contribution < -0.4 is 4.90 Å². The van der Waals surface area contributed by atoms with Gasteiger partial charge in [0.1, 0.15) is 11.6 Å². The standard InChI is InChI=1S/C27H32BrClN2O6/c1-4-7-13-36-26(35)20-21-24(33)31(16(6-3)15-32)23(27(21)14-17(28)22(20)37-27)25(34)30(12-5-2)19-11-9-8-10-18(19)29/h4-5,8-11,16-17,20-23,32H,1-2,6-7,12-15H2,3H3/t16-,17?,20+,21-,22+,23?,27?/m0/s1. The molecule has 1 N–H and O–H groups in total. The van der Waals surface area contributed by atoms with Crippen LogP contribution in [0.15, 0.2) is 49.6 Å². The second-order valence-electron chi connectivity index (χ2n) is 9.59. The molecule has 3 aliphatic heterocycles. The summed E-state index contributed by atoms with van der Waals surface area (Å²) < 4.78 is 12.0. The Hall–Kier alpha value is -2.20. The van der Waals surface area contributed by atoms with Crippen LogP contribution in [-0.4, -0.2) is 76.2 Å². The van der Waals surface area contributed by atoms with Crippen LogP contribution in [-0.2, 0) is 23.9 Å². The van der Waals surface area contributed by atoms with E-state index in [9.17, 15) is 19.5 Å². The number of anilines is 1. The minimum atomic E-state index is -1.27. The molecule has 1 spiro atoms. The topological polar surface area (TPSA) is 96.4 Å². The van der Waals surface area contributed by atoms with Crippen molar-refractivity contribution in [2.45, 2.75) is 54.8 Å². The lowest BCUT2D eigenvalue weighted by molar-refractivity contribution is -0.155. The minimum absolute atomic E-state index is 0.145. The van der Waals surface area contributed by atoms with E-state index in [0.717, 1.165) is 0 Å². The van der Waals surface area contributed by atoms with Crippen molar-refractivity contribution in [1.82, 2.24) is 4.90 Å². The Bertz CT molecular complexity index is 1080. The van der Waals surface area contributed by atoms with Gasteiger partial charge in [0.15, 0.2) is 0 Å². The second kappa shape index (κ2) is 11.3. The van der Waals surface area contributed by atoms with Crippen LogP contribution in [0.3, 0.4) is 0 Å². The van der Waals surface area contributed by atoms with Gasteiger partial charge in [0.25, 0.3) is 5.91 Å². The zero-order valence-electron chi connectivity index (χ0n) is 20.7. The summed E-state index contributed by atoms with van der Waals surface area (Å²) in [5.41, 5.74) is -0.792. The molecule has 1 aromatic rings. The summed E-state index contributed by atoms with van der Waals surface area (Å²) >= 11 is 10.1. The monoisotopic (exact) mass is 594 g/mol. The molecule has 2 amide bonds. The van der Waals surface area contributed by atoms with Crippen molar-refractivity contribution in [3.05, 3.63) is 54.6 Å². The molecule has 3 fully saturated rings. The van der Waals surface area contributed by atoms with Gasteiger partial charge in [0, 0.05) is 11.4 Å². The predicted octanol–water partition coefficient (Wildman–Crippen LogP) is 3.50. The highest BCUT2D eigenvalue weighted by Crippen LogP contribution is 2.61. The van der Waals surface area contributed by atoms with E-state index >= 15 is 0 Å². The Kier molecular flexibility index (Phi) is 8.48. The molecule has 2 bridgehead atoms. The summed E-state index contributed by atoms with van der Waals surface area (Å²) in [6, 6.07) is 5.24. The van der Waals surface area contributed by atoms with E-state index in [0.29, 0.717) is 30.0 Å². The number of aliphatic hydroxyl groups is 1. The number of para-hydroxylation sites is 1. The molecule has 3 saturated heterocycles. The molecule has 1 aromatic carbocycles. The molecular formula is C27H32BrClN2O6. The fourth-order valence-electron chi connectivity index (χ4n) is 6.02. The van der Waals surface area contributed by atoms with Crippen molar-refractivity contribution in [3.63, 3.8) is 0 Å². The number of hydrogen-bond acceptors (Lipinski definition) is 6. The van der Waals surface area contributed by atoms with E-state index in [1.165, 1.54) is 9.80 Å². The number of carbonyl (C=O) groups is 3. The van der Waals surface area contributed by atoms with Crippen LogP contribution in [0.1, 0.15) is 26.2 Å². The highest BCUT2D eigenvalue weighted by molar-refractivity contribution is 9.09. The number of ether oxygens (including phenoxy) is 2. The number of halogens is 2. The van der Waals surface area contributed by atoms with Crippen LogP contribution in [0.25, 0.3) is 0 Å². The van der Waals surface area contributed by atoms with Crippen molar-refractivity contribution in [1.29, 1.82) is 0 Å². The zero-order chi connectivity index (χ0) is 26.9. The first-order chi connectivity index (χ1) is 17.8. The molecule has 0 saturated carbocycles. The highest BCUT2D eigenvalue weighted by atomic mass is 79.9. The third kappa shape index (κ3) is 4.54. The molecule has 10 heteroatoms. The van der Waals surface area contributed by atoms with Crippen LogP contribution in [0, 0.1) is 11.8 Å². The lowest BCUT2D eigenvalue weighted by atomic mass is 9.70. The SMILES string of the molecule is C=CCCOC(=O)[C@H]1[C@@H]2OC3(CC2Br)C(C(=O)N(CC=C)c2ccccc2Cl)N([C@@H](CC)CO)C(=O)[C@H]13. The first-order valence-electron chi connectivity index (χ1n) is 12.5. The Balaban J connectivity index is 1.81. The molecule has 0 radical (unpaired) electrons. The van der Waals surface area contributed by atoms with Crippen molar-refractivity contribution in [2.24, 2.45) is 11.8 Å². The predicted molar refractivity (Wildman–Crippen MR) is 143 cm³/mol. The fourth-order valence-corrected chi connectivity index (χ4v) is 7.20. The van der Waals surface area contributed by atoms with Crippen LogP contribution in [0.2, 0.25) is 5.02 Å². The average molecular weight is 596 g/mol. The summed E-state index contributed by atoms with van der Waals surface area (Å²) in [7, 11) is 0. The zero-order valence-corrected chi connectivity index (χ0v) is 23.1. The Morgan fingerprint density at radius 2 is 2.11 bits per heavy atom. The van der Waals surface area contributed by atoms with Crippen molar-refractivity contribution < 1.29 is 29.0 Å². The summed E-state index contributed by atoms with van der Waals surface area (Å²) in [4.78, 5) is 44.4. The van der Waals surface area contributed by atoms with E-state index in [1.54, 1.807) is 36.4 Å². The van der Waals surface area contributed by atoms with Crippen molar-refractivity contribution in [2.75, 3.05) is 24.7 Å². The molecule has 3 aliphatic rings. The Morgan fingerprint density at radius 3 is 2.73 bits per heavy atom. The molecule has 4 rings (SSSR count). The van der Waals surface area contributed by atoms with Gasteiger partial charge >= 0.3 is 5.97 Å². The number of rotatable bonds is 11. The molecule has 0 aromatic heterocycles. The molecule has 3 heterocycles. The van der Waals surface area contributed by atoms with Crippen LogP contribution in [0.5, 0.6) is 0 Å². The number of hydrogen-bond donors (Lipinski definition) is 1. The lowest BCUT2D eigenvalue weighted by Gasteiger charge is -2.39. The third-order valence-electron chi connectivity index (χ3n) is 7.60. The maximum absolute atomic E-state index is 14.4. The van der Waals surface area contributed by atoms with Gasteiger partial charge in [-0.15, -0.1) is 13.2 Å². The van der Waals surface area contributed by atoms with Crippen LogP contribution >= 0.6 is 27.5 Å². The van der Waals surface area contributed by atoms with Crippen molar-refractivity contribution in [3.8, 4) is 0 Å². The number of nitrogens with zero attached hydrogens (tertiary/aromatic N) is 2. The van der Waals surface area contributed by atoms with E-state index in [2.05, 4.69) is 29.1 Å². The number of esters is 1. The van der Waals surface area contributed by atoms with Gasteiger partial charge in [0.2, 0.25) is 5.91 Å². The third-order valence-corrected chi connectivity index (χ3v) is 8.76. The number of likely N-dealkylation sites (tertiary alicyclic amines) is 1. The van der Waals surface area contributed by atoms with E-state index in [4.69, 9.17) is 21.1 Å². The molecule has 8 nitrogen and oxygen atoms in total. The largest absolute Gasteiger partial charge is 0.465 e. The van der Waals surface area contributed by atoms with Gasteiger partial charge in [0.05, 0.1) is 47.9 Å². The summed E-state index contributed by atoms with van der Waals surface area (Å²) in [5.74, 6) is -3.11. The lowest BCUT2D eigenvalue weighted by Crippen LogP contribution is -2.59. The first-order valence-corrected chi connectivity index (χ1v) is 13.8.